The Labute approximate surface area is 242 Å². The van der Waals surface area contributed by atoms with Gasteiger partial charge in [0.1, 0.15) is 11.8 Å². The van der Waals surface area contributed by atoms with Crippen LogP contribution >= 0.6 is 0 Å². The third-order valence-electron chi connectivity index (χ3n) is 7.43. The first-order valence-corrected chi connectivity index (χ1v) is 13.4. The van der Waals surface area contributed by atoms with Gasteiger partial charge in [0.25, 0.3) is 0 Å². The summed E-state index contributed by atoms with van der Waals surface area (Å²) >= 11 is 0. The maximum absolute atomic E-state index is 13.2. The molecular formula is C33H30F3N3O3. The Balaban J connectivity index is 1.34. The average molecular weight is 574 g/mol. The van der Waals surface area contributed by atoms with Crippen molar-refractivity contribution in [2.45, 2.75) is 25.2 Å². The summed E-state index contributed by atoms with van der Waals surface area (Å²) in [7, 11) is 3.95. The molecule has 0 bridgehead atoms. The zero-order valence-electron chi connectivity index (χ0n) is 23.2. The SMILES string of the molecule is CN(C)c1ccc(CN2CCc3cc(OC(=O)c4ccccc4-c4ccc(C(F)(F)F)cc4)ccc3C2C(N)=O)cc1. The fourth-order valence-electron chi connectivity index (χ4n) is 5.27. The van der Waals surface area contributed by atoms with Crippen LogP contribution < -0.4 is 15.4 Å². The van der Waals surface area contributed by atoms with Gasteiger partial charge in [-0.15, -0.1) is 0 Å². The molecule has 0 aliphatic carbocycles. The number of hydrogen-bond acceptors (Lipinski definition) is 5. The van der Waals surface area contributed by atoms with E-state index in [9.17, 15) is 22.8 Å². The molecule has 0 aromatic heterocycles. The third-order valence-corrected chi connectivity index (χ3v) is 7.43. The van der Waals surface area contributed by atoms with Gasteiger partial charge in [0.15, 0.2) is 0 Å². The zero-order valence-corrected chi connectivity index (χ0v) is 23.2. The Morgan fingerprint density at radius 2 is 1.64 bits per heavy atom. The molecule has 42 heavy (non-hydrogen) atoms. The van der Waals surface area contributed by atoms with Gasteiger partial charge < -0.3 is 15.4 Å². The Morgan fingerprint density at radius 1 is 0.952 bits per heavy atom. The maximum atomic E-state index is 13.2. The minimum atomic E-state index is -4.45. The van der Waals surface area contributed by atoms with Crippen molar-refractivity contribution in [1.29, 1.82) is 0 Å². The second kappa shape index (κ2) is 11.7. The van der Waals surface area contributed by atoms with Crippen molar-refractivity contribution in [3.05, 3.63) is 119 Å². The van der Waals surface area contributed by atoms with Crippen LogP contribution in [-0.2, 0) is 23.9 Å². The van der Waals surface area contributed by atoms with E-state index in [0.29, 0.717) is 36.4 Å². The first kappa shape index (κ1) is 28.9. The van der Waals surface area contributed by atoms with E-state index in [4.69, 9.17) is 10.5 Å². The van der Waals surface area contributed by atoms with E-state index in [1.807, 2.05) is 48.2 Å². The van der Waals surface area contributed by atoms with Crippen LogP contribution in [0.5, 0.6) is 5.75 Å². The normalized spacial score (nSPS) is 15.1. The molecule has 1 unspecified atom stereocenters. The number of nitrogens with zero attached hydrogens (tertiary/aromatic N) is 2. The van der Waals surface area contributed by atoms with Crippen molar-refractivity contribution in [3.63, 3.8) is 0 Å². The van der Waals surface area contributed by atoms with Crippen molar-refractivity contribution in [2.24, 2.45) is 5.73 Å². The second-order valence-corrected chi connectivity index (χ2v) is 10.5. The van der Waals surface area contributed by atoms with Gasteiger partial charge in [-0.05, 0) is 76.7 Å². The van der Waals surface area contributed by atoms with Crippen LogP contribution in [0, 0.1) is 0 Å². The van der Waals surface area contributed by atoms with E-state index in [2.05, 4.69) is 0 Å². The molecule has 0 spiro atoms. The van der Waals surface area contributed by atoms with Gasteiger partial charge in [0, 0.05) is 32.9 Å². The van der Waals surface area contributed by atoms with Gasteiger partial charge in [-0.25, -0.2) is 4.79 Å². The first-order chi connectivity index (χ1) is 20.0. The molecule has 1 aliphatic rings. The lowest BCUT2D eigenvalue weighted by Crippen LogP contribution is -2.42. The number of alkyl halides is 3. The highest BCUT2D eigenvalue weighted by molar-refractivity contribution is 5.98. The van der Waals surface area contributed by atoms with Gasteiger partial charge in [-0.1, -0.05) is 48.5 Å². The standard InChI is InChI=1S/C33H30F3N3O3/c1-38(2)25-13-7-21(8-14-25)20-39-18-17-23-19-26(15-16-28(23)30(39)31(37)40)42-32(41)29-6-4-3-5-27(29)22-9-11-24(12-10-22)33(34,35)36/h3-16,19,30H,17-18,20H2,1-2H3,(H2,37,40). The lowest BCUT2D eigenvalue weighted by molar-refractivity contribution is -0.137. The number of rotatable bonds is 7. The number of fused-ring (bicyclic) bond motifs is 1. The molecule has 0 saturated carbocycles. The van der Waals surface area contributed by atoms with E-state index in [1.165, 1.54) is 12.1 Å². The largest absolute Gasteiger partial charge is 0.423 e. The minimum Gasteiger partial charge on any atom is -0.423 e. The topological polar surface area (TPSA) is 75.9 Å². The van der Waals surface area contributed by atoms with E-state index < -0.39 is 29.7 Å². The molecule has 6 nitrogen and oxygen atoms in total. The molecule has 5 rings (SSSR count). The summed E-state index contributed by atoms with van der Waals surface area (Å²) in [6, 6.07) is 23.9. The predicted octanol–water partition coefficient (Wildman–Crippen LogP) is 6.24. The zero-order chi connectivity index (χ0) is 30.0. The third kappa shape index (κ3) is 6.16. The number of carbonyl (C=O) groups excluding carboxylic acids is 2. The van der Waals surface area contributed by atoms with Gasteiger partial charge >= 0.3 is 12.1 Å². The lowest BCUT2D eigenvalue weighted by atomic mass is 9.91. The van der Waals surface area contributed by atoms with Crippen LogP contribution in [0.3, 0.4) is 0 Å². The highest BCUT2D eigenvalue weighted by Crippen LogP contribution is 2.35. The van der Waals surface area contributed by atoms with Crippen LogP contribution in [0.25, 0.3) is 11.1 Å². The fourth-order valence-corrected chi connectivity index (χ4v) is 5.27. The van der Waals surface area contributed by atoms with Crippen LogP contribution in [-0.4, -0.2) is 37.4 Å². The molecule has 0 saturated heterocycles. The maximum Gasteiger partial charge on any atom is 0.416 e. The summed E-state index contributed by atoms with van der Waals surface area (Å²) in [4.78, 5) is 29.9. The summed E-state index contributed by atoms with van der Waals surface area (Å²) in [5, 5.41) is 0. The molecule has 1 aliphatic heterocycles. The molecular weight excluding hydrogens is 543 g/mol. The van der Waals surface area contributed by atoms with Crippen LogP contribution in [0.15, 0.2) is 91.0 Å². The van der Waals surface area contributed by atoms with Gasteiger partial charge in [-0.3, -0.25) is 9.69 Å². The van der Waals surface area contributed by atoms with Crippen LogP contribution in [0.2, 0.25) is 0 Å². The second-order valence-electron chi connectivity index (χ2n) is 10.5. The summed E-state index contributed by atoms with van der Waals surface area (Å²) in [6.07, 6.45) is -3.83. The summed E-state index contributed by atoms with van der Waals surface area (Å²) in [6.45, 7) is 1.14. The van der Waals surface area contributed by atoms with E-state index in [-0.39, 0.29) is 5.56 Å². The summed E-state index contributed by atoms with van der Waals surface area (Å²) in [5.41, 5.74) is 9.99. The highest BCUT2D eigenvalue weighted by Gasteiger charge is 2.32. The minimum absolute atomic E-state index is 0.219. The number of primary amides is 1. The molecule has 0 fully saturated rings. The van der Waals surface area contributed by atoms with Gasteiger partial charge in [0.05, 0.1) is 11.1 Å². The molecule has 4 aromatic carbocycles. The Bertz CT molecular complexity index is 1600. The molecule has 2 N–H and O–H groups in total. The molecule has 0 radical (unpaired) electrons. The number of benzene rings is 4. The van der Waals surface area contributed by atoms with Crippen molar-refractivity contribution >= 4 is 17.6 Å². The monoisotopic (exact) mass is 573 g/mol. The van der Waals surface area contributed by atoms with Crippen molar-refractivity contribution in [1.82, 2.24) is 4.90 Å². The van der Waals surface area contributed by atoms with Gasteiger partial charge in [0.2, 0.25) is 5.91 Å². The average Bonchev–Trinajstić information content (AvgIpc) is 2.96. The number of halogens is 3. The molecule has 1 amide bonds. The number of amides is 1. The molecule has 216 valence electrons. The van der Waals surface area contributed by atoms with E-state index >= 15 is 0 Å². The van der Waals surface area contributed by atoms with E-state index in [0.717, 1.165) is 34.5 Å². The van der Waals surface area contributed by atoms with Crippen LogP contribution in [0.1, 0.15) is 38.7 Å². The number of anilines is 1. The number of carbonyl (C=O) groups is 2. The molecule has 9 heteroatoms. The molecule has 4 aromatic rings. The summed E-state index contributed by atoms with van der Waals surface area (Å²) in [5.74, 6) is -0.802. The van der Waals surface area contributed by atoms with E-state index in [1.54, 1.807) is 42.5 Å². The van der Waals surface area contributed by atoms with Crippen molar-refractivity contribution < 1.29 is 27.5 Å². The smallest absolute Gasteiger partial charge is 0.416 e. The van der Waals surface area contributed by atoms with Crippen molar-refractivity contribution in [3.8, 4) is 16.9 Å². The van der Waals surface area contributed by atoms with Crippen LogP contribution in [0.4, 0.5) is 18.9 Å². The quantitative estimate of drug-likeness (QED) is 0.209. The molecule has 1 atom stereocenters. The molecule has 1 heterocycles. The van der Waals surface area contributed by atoms with Crippen molar-refractivity contribution in [2.75, 3.05) is 25.5 Å². The number of hydrogen-bond donors (Lipinski definition) is 1. The Hall–Kier alpha value is -4.63. The number of nitrogens with two attached hydrogens (primary N) is 1. The Kier molecular flexibility index (Phi) is 8.04. The predicted molar refractivity (Wildman–Crippen MR) is 155 cm³/mol. The van der Waals surface area contributed by atoms with Gasteiger partial charge in [-0.2, -0.15) is 13.2 Å². The fraction of sp³-hybridized carbons (Fsp3) is 0.212. The lowest BCUT2D eigenvalue weighted by Gasteiger charge is -2.35. The summed E-state index contributed by atoms with van der Waals surface area (Å²) < 4.78 is 44.7. The first-order valence-electron chi connectivity index (χ1n) is 13.4. The Morgan fingerprint density at radius 3 is 2.29 bits per heavy atom. The number of ether oxygens (including phenoxy) is 1. The highest BCUT2D eigenvalue weighted by atomic mass is 19.4. The number of esters is 1.